The third-order valence-corrected chi connectivity index (χ3v) is 21.7. The van der Waals surface area contributed by atoms with Crippen LogP contribution in [0.25, 0.3) is 10.9 Å². The molecule has 784 valence electrons. The summed E-state index contributed by atoms with van der Waals surface area (Å²) in [5.74, 6) is -32.8. The average Bonchev–Trinajstić information content (AvgIpc) is 1.35. The minimum Gasteiger partial charge on any atom is -0.508 e. The first-order valence-corrected chi connectivity index (χ1v) is 45.5. The van der Waals surface area contributed by atoms with E-state index in [1.807, 2.05) is 0 Å². The number of aliphatic hydroxyl groups excluding tert-OH is 1. The lowest BCUT2D eigenvalue weighted by atomic mass is 9.97. The topological polar surface area (TPSA) is 838 Å². The summed E-state index contributed by atoms with van der Waals surface area (Å²) in [5, 5.41) is 127. The van der Waals surface area contributed by atoms with Gasteiger partial charge in [0.05, 0.1) is 58.0 Å². The summed E-state index contributed by atoms with van der Waals surface area (Å²) in [6, 6.07) is -6.03. The van der Waals surface area contributed by atoms with Crippen LogP contribution >= 0.6 is 0 Å². The maximum atomic E-state index is 14.7. The highest BCUT2D eigenvalue weighted by molar-refractivity contribution is 6.02. The van der Waals surface area contributed by atoms with Crippen molar-refractivity contribution >= 4 is 153 Å². The van der Waals surface area contributed by atoms with E-state index in [2.05, 4.69) is 95.4 Å². The average molecular weight is 2020 g/mol. The normalized spacial score (nSPS) is 14.4. The number of hydrogen-bond acceptors (Lipinski definition) is 27. The Hall–Kier alpha value is -15.8. The molecule has 4 rings (SSSR count). The van der Waals surface area contributed by atoms with Crippen molar-refractivity contribution in [2.24, 2.45) is 29.4 Å². The highest BCUT2D eigenvalue weighted by Gasteiger charge is 2.40. The highest BCUT2D eigenvalue weighted by Crippen LogP contribution is 2.22. The molecule has 52 heteroatoms. The van der Waals surface area contributed by atoms with E-state index in [4.69, 9.17) is 5.73 Å². The number of carbonyl (C=O) groups is 24. The molecule has 4 aromatic rings. The van der Waals surface area contributed by atoms with Crippen molar-refractivity contribution in [1.82, 2.24) is 95.4 Å². The molecule has 143 heavy (non-hydrogen) atoms. The summed E-state index contributed by atoms with van der Waals surface area (Å²) in [6.45, 7) is 9.87. The zero-order valence-electron chi connectivity index (χ0n) is 79.9. The number of para-hydroxylation sites is 1. The van der Waals surface area contributed by atoms with Gasteiger partial charge >= 0.3 is 41.8 Å². The van der Waals surface area contributed by atoms with E-state index in [0.717, 1.165) is 6.92 Å². The van der Waals surface area contributed by atoms with Crippen molar-refractivity contribution in [1.29, 1.82) is 0 Å². The fourth-order valence-corrected chi connectivity index (χ4v) is 14.1. The van der Waals surface area contributed by atoms with Crippen LogP contribution in [0.3, 0.4) is 0 Å². The molecule has 0 spiro atoms. The number of phenolic OH excluding ortho intramolecular Hbond substituents is 1. The minimum atomic E-state index is -2.07. The smallest absolute Gasteiger partial charge is 0.326 e. The molecule has 0 saturated heterocycles. The first-order chi connectivity index (χ1) is 67.2. The summed E-state index contributed by atoms with van der Waals surface area (Å²) < 4.78 is 0. The Balaban J connectivity index is 1.45. The third-order valence-electron chi connectivity index (χ3n) is 21.7. The number of H-pyrrole nitrogens is 1. The number of carbonyl (C=O) groups excluding carboxylic acids is 17. The molecule has 0 aliphatic carbocycles. The lowest BCUT2D eigenvalue weighted by Gasteiger charge is -2.28. The molecule has 52 nitrogen and oxygen atoms in total. The minimum absolute atomic E-state index is 0.120. The molecule has 0 bridgehead atoms. The maximum Gasteiger partial charge on any atom is 0.326 e. The third kappa shape index (κ3) is 43.6. The lowest BCUT2D eigenvalue weighted by Crippen LogP contribution is -2.61. The van der Waals surface area contributed by atoms with E-state index in [-0.39, 0.29) is 44.3 Å². The zero-order valence-corrected chi connectivity index (χ0v) is 79.9. The number of aromatic nitrogens is 1. The highest BCUT2D eigenvalue weighted by atomic mass is 16.4. The zero-order chi connectivity index (χ0) is 107. The standard InChI is InChI=1S/C91H127N19O33/c1-10-46(8)76(90(141)109-66(42-111)89(140)107-64(36-74(124)125)88(139)103-58(29-44(4)5)83(134)104-60(31-48-16-12-11-13-17-48)86(137)108-65(91(142)143)37-75(126)127)110-69(115)41-95-79(130)55(24-26-70(116)117)98-67(113)39-94-77(128)47(9)97-81(132)56(25-27-71(118)119)100-82(133)57(28-43(2)3)99-68(114)40-96-80(131)62(33-50-38-93-54-19-15-14-18-52(50)54)106-84(135)59(30-45(6)7)102-85(136)61(32-49-20-22-51(112)23-21-49)105-87(138)63(35-73(122)123)101-78(129)53(92)34-72(120)121/h11-23,38,43-47,53,55-66,76,93,111-112H,10,24-37,39-42,92H2,1-9H3,(H,94,128)(H,95,130)(H,96,131)(H,97,132)(H,98,113)(H,99,114)(H,100,133)(H,101,129)(H,102,136)(H,103,139)(H,104,134)(H,105,138)(H,106,135)(H,107,140)(H,108,137)(H,109,141)(H,110,115)(H,116,117)(H,118,119)(H,120,121)(H,122,123)(H,124,125)(H,126,127)(H,142,143)/t46-,47-,53-,55-,56-,57-,58-,59-,60-,61-,62-,63-,64-,65-,66-,76-/m0/s1. The number of aromatic hydroxyl groups is 1. The Morgan fingerprint density at radius 3 is 1.12 bits per heavy atom. The van der Waals surface area contributed by atoms with Gasteiger partial charge in [-0.1, -0.05) is 122 Å². The first kappa shape index (κ1) is 120. The van der Waals surface area contributed by atoms with Gasteiger partial charge in [-0.3, -0.25) is 110 Å². The van der Waals surface area contributed by atoms with Crippen LogP contribution in [0, 0.1) is 23.7 Å². The van der Waals surface area contributed by atoms with Crippen molar-refractivity contribution in [3.63, 3.8) is 0 Å². The first-order valence-electron chi connectivity index (χ1n) is 45.5. The second-order valence-electron chi connectivity index (χ2n) is 35.1. The Bertz CT molecular complexity index is 5190. The number of nitrogens with two attached hydrogens (primary N) is 1. The number of carboxylic acid groups (broad SMARTS) is 7. The number of carboxylic acids is 7. The van der Waals surface area contributed by atoms with Crippen LogP contribution in [0.15, 0.2) is 85.1 Å². The molecule has 0 fully saturated rings. The number of aliphatic carboxylic acids is 7. The number of benzene rings is 3. The van der Waals surface area contributed by atoms with Gasteiger partial charge in [-0.15, -0.1) is 0 Å². The predicted octanol–water partition coefficient (Wildman–Crippen LogP) is -5.73. The van der Waals surface area contributed by atoms with Crippen LogP contribution in [0.5, 0.6) is 5.75 Å². The summed E-state index contributed by atoms with van der Waals surface area (Å²) >= 11 is 0. The van der Waals surface area contributed by atoms with Gasteiger partial charge in [0.15, 0.2) is 0 Å². The Morgan fingerprint density at radius 2 is 0.671 bits per heavy atom. The fourth-order valence-electron chi connectivity index (χ4n) is 14.1. The number of aliphatic hydroxyl groups is 1. The molecule has 0 unspecified atom stereocenters. The number of aromatic amines is 1. The maximum absolute atomic E-state index is 14.7. The van der Waals surface area contributed by atoms with Gasteiger partial charge in [-0.25, -0.2) is 4.79 Å². The fraction of sp³-hybridized carbons (Fsp3) is 0.516. The van der Waals surface area contributed by atoms with Gasteiger partial charge < -0.3 is 147 Å². The number of fused-ring (bicyclic) bond motifs is 1. The Morgan fingerprint density at radius 1 is 0.329 bits per heavy atom. The van der Waals surface area contributed by atoms with Crippen molar-refractivity contribution in [3.8, 4) is 5.75 Å². The van der Waals surface area contributed by atoms with E-state index in [1.54, 1.807) is 109 Å². The quantitative estimate of drug-likeness (QED) is 0.0196. The number of nitrogens with one attached hydrogen (secondary N) is 18. The van der Waals surface area contributed by atoms with Crippen LogP contribution < -0.4 is 96.1 Å². The van der Waals surface area contributed by atoms with Gasteiger partial charge in [-0.05, 0) is 97.6 Å². The molecule has 0 aliphatic rings. The number of phenols is 1. The molecule has 1 heterocycles. The summed E-state index contributed by atoms with van der Waals surface area (Å²) in [6.07, 6.45) is -6.88. The second-order valence-corrected chi connectivity index (χ2v) is 35.1. The van der Waals surface area contributed by atoms with Gasteiger partial charge in [0.1, 0.15) is 90.3 Å². The van der Waals surface area contributed by atoms with Crippen molar-refractivity contribution in [3.05, 3.63) is 102 Å². The van der Waals surface area contributed by atoms with Gasteiger partial charge in [-0.2, -0.15) is 0 Å². The van der Waals surface area contributed by atoms with Crippen molar-refractivity contribution in [2.45, 2.75) is 249 Å². The molecule has 0 saturated carbocycles. The largest absolute Gasteiger partial charge is 0.508 e. The molecule has 29 N–H and O–H groups in total. The SMILES string of the molecule is CC[C@H](C)[C@H](NC(=O)CNC(=O)[C@H](CCC(=O)O)NC(=O)CNC(=O)[C@H](C)NC(=O)[C@H](CCC(=O)O)NC(=O)[C@H](CC(C)C)NC(=O)CNC(=O)[C@H](Cc1c[nH]c2ccccc12)NC(=O)[C@H](CC(C)C)NC(=O)[C@H](Cc1ccc(O)cc1)NC(=O)[C@H](CC(=O)O)NC(=O)[C@@H](N)CC(=O)O)C(=O)N[C@@H](CO)C(=O)N[C@@H](CC(=O)O)C(=O)N[C@@H](CC(C)C)C(=O)N[C@@H](Cc1ccccc1)C(=O)N[C@@H](CC(=O)O)C(=O)O. The molecule has 17 amide bonds. The molecule has 0 aliphatic heterocycles. The predicted molar refractivity (Wildman–Crippen MR) is 499 cm³/mol. The van der Waals surface area contributed by atoms with Crippen LogP contribution in [0.2, 0.25) is 0 Å². The molecule has 0 radical (unpaired) electrons. The monoisotopic (exact) mass is 2010 g/mol. The Kier molecular flexibility index (Phi) is 49.8. The van der Waals surface area contributed by atoms with E-state index < -0.39 is 341 Å². The molecule has 16 atom stereocenters. The van der Waals surface area contributed by atoms with Crippen LogP contribution in [0.1, 0.15) is 156 Å². The summed E-state index contributed by atoms with van der Waals surface area (Å²) in [5.41, 5.74) is 7.49. The number of hydrogen-bond donors (Lipinski definition) is 28. The van der Waals surface area contributed by atoms with Crippen LogP contribution in [-0.2, 0) is 134 Å². The summed E-state index contributed by atoms with van der Waals surface area (Å²) in [4.78, 5) is 322. The second kappa shape index (κ2) is 59.6. The van der Waals surface area contributed by atoms with Gasteiger partial charge in [0.25, 0.3) is 0 Å². The van der Waals surface area contributed by atoms with E-state index in [9.17, 15) is 161 Å². The van der Waals surface area contributed by atoms with Crippen LogP contribution in [-0.4, -0.2) is 310 Å². The summed E-state index contributed by atoms with van der Waals surface area (Å²) in [7, 11) is 0. The van der Waals surface area contributed by atoms with Gasteiger partial charge in [0, 0.05) is 49.2 Å². The molecule has 1 aromatic heterocycles. The van der Waals surface area contributed by atoms with E-state index in [1.165, 1.54) is 31.2 Å². The van der Waals surface area contributed by atoms with E-state index >= 15 is 0 Å². The van der Waals surface area contributed by atoms with E-state index in [0.29, 0.717) is 27.6 Å². The Labute approximate surface area is 818 Å². The molecule has 3 aromatic carbocycles. The van der Waals surface area contributed by atoms with Crippen LogP contribution in [0.4, 0.5) is 0 Å². The van der Waals surface area contributed by atoms with Crippen molar-refractivity contribution in [2.75, 3.05) is 26.2 Å². The lowest BCUT2D eigenvalue weighted by molar-refractivity contribution is -0.147. The molecular weight excluding hydrogens is 1890 g/mol. The number of rotatable bonds is 64. The van der Waals surface area contributed by atoms with Gasteiger partial charge in [0.2, 0.25) is 100 Å². The number of amides is 17. The van der Waals surface area contributed by atoms with Crippen molar-refractivity contribution < 1.29 is 161 Å². The molecular formula is C91H127N19O33.